The number of terminal acetylenes is 1. The summed E-state index contributed by atoms with van der Waals surface area (Å²) in [5, 5.41) is 10.5. The molecule has 2 aromatic rings. The molecule has 0 aromatic carbocycles. The van der Waals surface area contributed by atoms with Crippen molar-refractivity contribution in [3.05, 3.63) is 17.5 Å². The van der Waals surface area contributed by atoms with E-state index in [1.54, 1.807) is 16.8 Å². The molecule has 30 heavy (non-hydrogen) atoms. The molecule has 158 valence electrons. The van der Waals surface area contributed by atoms with Gasteiger partial charge in [0.05, 0.1) is 12.0 Å². The highest BCUT2D eigenvalue weighted by atomic mass is 35.5. The fourth-order valence-corrected chi connectivity index (χ4v) is 4.99. The molecule has 9 nitrogen and oxygen atoms in total. The monoisotopic (exact) mass is 432 g/mol. The Hall–Kier alpha value is -2.54. The molecule has 3 N–H and O–H groups in total. The Labute approximate surface area is 177 Å². The van der Waals surface area contributed by atoms with Gasteiger partial charge in [-0.3, -0.25) is 0 Å². The summed E-state index contributed by atoms with van der Waals surface area (Å²) in [4.78, 5) is 20.5. The molecule has 2 aromatic heterocycles. The van der Waals surface area contributed by atoms with Crippen LogP contribution in [0.3, 0.4) is 0 Å². The lowest BCUT2D eigenvalue weighted by molar-refractivity contribution is -0.150. The number of carbonyl (C=O) groups excluding carboxylic acids is 1. The Balaban J connectivity index is 1.34. The number of rotatable bonds is 5. The van der Waals surface area contributed by atoms with Gasteiger partial charge >= 0.3 is 6.16 Å². The van der Waals surface area contributed by atoms with Crippen molar-refractivity contribution in [2.75, 3.05) is 18.9 Å². The zero-order chi connectivity index (χ0) is 21.1. The second-order valence-corrected chi connectivity index (χ2v) is 8.80. The average Bonchev–Trinajstić information content (AvgIpc) is 3.21. The van der Waals surface area contributed by atoms with Crippen molar-refractivity contribution in [2.24, 2.45) is 11.3 Å². The minimum absolute atomic E-state index is 0.00620. The molecule has 3 aliphatic carbocycles. The van der Waals surface area contributed by atoms with Gasteiger partial charge in [0.25, 0.3) is 0 Å². The Morgan fingerprint density at radius 2 is 2.23 bits per heavy atom. The molecule has 1 aliphatic heterocycles. The zero-order valence-electron chi connectivity index (χ0n) is 16.1. The maximum Gasteiger partial charge on any atom is 0.508 e. The maximum atomic E-state index is 12.3. The lowest BCUT2D eigenvalue weighted by Crippen LogP contribution is -2.54. The minimum Gasteiger partial charge on any atom is -0.434 e. The number of aliphatic hydroxyl groups is 1. The number of nitrogen functional groups attached to an aromatic ring is 1. The molecule has 3 heterocycles. The third-order valence-corrected chi connectivity index (χ3v) is 6.71. The van der Waals surface area contributed by atoms with Crippen molar-refractivity contribution in [2.45, 2.75) is 43.6 Å². The highest BCUT2D eigenvalue weighted by Crippen LogP contribution is 2.64. The first kappa shape index (κ1) is 19.4. The van der Waals surface area contributed by atoms with E-state index in [2.05, 4.69) is 15.9 Å². The largest absolute Gasteiger partial charge is 0.508 e. The van der Waals surface area contributed by atoms with Crippen LogP contribution < -0.4 is 5.73 Å². The fourth-order valence-electron chi connectivity index (χ4n) is 4.82. The second kappa shape index (κ2) is 6.74. The van der Waals surface area contributed by atoms with Crippen LogP contribution in [-0.2, 0) is 14.2 Å². The van der Waals surface area contributed by atoms with E-state index >= 15 is 0 Å². The summed E-state index contributed by atoms with van der Waals surface area (Å²) < 4.78 is 18.5. The summed E-state index contributed by atoms with van der Waals surface area (Å²) in [6, 6.07) is 1.73. The molecule has 1 saturated heterocycles. The van der Waals surface area contributed by atoms with Crippen LogP contribution >= 0.6 is 11.6 Å². The van der Waals surface area contributed by atoms with Gasteiger partial charge in [-0.2, -0.15) is 4.98 Å². The maximum absolute atomic E-state index is 12.3. The number of nitrogens with zero attached hydrogens (tertiary/aromatic N) is 3. The summed E-state index contributed by atoms with van der Waals surface area (Å²) in [5.74, 6) is 3.47. The van der Waals surface area contributed by atoms with E-state index in [1.807, 2.05) is 0 Å². The minimum atomic E-state index is -1.50. The average molecular weight is 433 g/mol. The Morgan fingerprint density at radius 3 is 2.87 bits per heavy atom. The number of ether oxygens (including phenoxy) is 3. The Morgan fingerprint density at radius 1 is 1.47 bits per heavy atom. The number of halogens is 1. The number of aliphatic hydroxyl groups excluding tert-OH is 1. The molecule has 0 amide bonds. The molecule has 0 radical (unpaired) electrons. The first-order chi connectivity index (χ1) is 14.4. The number of carbonyl (C=O) groups is 1. The van der Waals surface area contributed by atoms with Crippen LogP contribution in [0.4, 0.5) is 10.6 Å². The van der Waals surface area contributed by atoms with E-state index in [0.29, 0.717) is 17.6 Å². The number of hydrogen-bond acceptors (Lipinski definition) is 8. The predicted octanol–water partition coefficient (Wildman–Crippen LogP) is 2.27. The number of anilines is 1. The summed E-state index contributed by atoms with van der Waals surface area (Å²) in [6.07, 6.45) is 8.51. The SMILES string of the molecule is C#C[C@]1(CO)O[C@@H](n2ccc3c(N)nc(Cl)nc32)C[C@@H]1OC(=O)OCC12CC(C1)C2. The van der Waals surface area contributed by atoms with E-state index in [1.165, 1.54) is 0 Å². The molecule has 10 heteroatoms. The molecular formula is C20H21ClN4O5. The van der Waals surface area contributed by atoms with Crippen LogP contribution in [0, 0.1) is 23.7 Å². The third-order valence-electron chi connectivity index (χ3n) is 6.55. The van der Waals surface area contributed by atoms with Gasteiger partial charge in [0, 0.05) is 18.0 Å². The second-order valence-electron chi connectivity index (χ2n) is 8.46. The Bertz CT molecular complexity index is 1050. The third kappa shape index (κ3) is 2.90. The van der Waals surface area contributed by atoms with Crippen molar-refractivity contribution < 1.29 is 24.1 Å². The molecule has 0 spiro atoms. The first-order valence-corrected chi connectivity index (χ1v) is 10.1. The van der Waals surface area contributed by atoms with E-state index in [4.69, 9.17) is 38.0 Å². The van der Waals surface area contributed by atoms with Crippen LogP contribution in [0.25, 0.3) is 11.0 Å². The molecule has 6 rings (SSSR count). The lowest BCUT2D eigenvalue weighted by Gasteiger charge is -2.61. The topological polar surface area (TPSA) is 122 Å². The number of aromatic nitrogens is 3. The van der Waals surface area contributed by atoms with Gasteiger partial charge in [-0.15, -0.1) is 6.42 Å². The predicted molar refractivity (Wildman–Crippen MR) is 106 cm³/mol. The van der Waals surface area contributed by atoms with Gasteiger partial charge in [-0.1, -0.05) is 5.92 Å². The summed E-state index contributed by atoms with van der Waals surface area (Å²) in [6.45, 7) is -0.181. The molecule has 3 atom stereocenters. The van der Waals surface area contributed by atoms with Crippen LogP contribution in [0.1, 0.15) is 31.9 Å². The summed E-state index contributed by atoms with van der Waals surface area (Å²) in [5.41, 5.74) is 5.00. The standard InChI is InChI=1S/C20H21ClN4O5/c1-2-20(9-26)13(29-18(27)28-10-19-6-11(7-19)8-19)5-14(30-20)25-4-3-12-15(22)23-17(21)24-16(12)25/h1,3-4,11,13-14,26H,5-10H2,(H2,22,23,24)/t11?,13-,14+,19?,20+/m0/s1. The van der Waals surface area contributed by atoms with Crippen molar-refractivity contribution >= 4 is 34.6 Å². The molecule has 2 bridgehead atoms. The van der Waals surface area contributed by atoms with Crippen LogP contribution in [0.5, 0.6) is 0 Å². The molecule has 4 aliphatic rings. The van der Waals surface area contributed by atoms with Gasteiger partial charge in [0.1, 0.15) is 24.3 Å². The van der Waals surface area contributed by atoms with Gasteiger partial charge in [-0.25, -0.2) is 9.78 Å². The molecule has 4 fully saturated rings. The Kier molecular flexibility index (Phi) is 4.36. The number of fused-ring (bicyclic) bond motifs is 1. The highest BCUT2D eigenvalue weighted by molar-refractivity contribution is 6.28. The van der Waals surface area contributed by atoms with Crippen LogP contribution in [-0.4, -0.2) is 50.7 Å². The quantitative estimate of drug-likeness (QED) is 0.419. The fraction of sp³-hybridized carbons (Fsp3) is 0.550. The van der Waals surface area contributed by atoms with Crippen molar-refractivity contribution in [1.29, 1.82) is 0 Å². The molecular weight excluding hydrogens is 412 g/mol. The smallest absolute Gasteiger partial charge is 0.434 e. The zero-order valence-corrected chi connectivity index (χ0v) is 16.8. The summed E-state index contributed by atoms with van der Waals surface area (Å²) >= 11 is 5.94. The van der Waals surface area contributed by atoms with E-state index < -0.39 is 30.7 Å². The highest BCUT2D eigenvalue weighted by Gasteiger charge is 2.57. The van der Waals surface area contributed by atoms with Crippen LogP contribution in [0.2, 0.25) is 5.28 Å². The van der Waals surface area contributed by atoms with Crippen molar-refractivity contribution in [3.63, 3.8) is 0 Å². The van der Waals surface area contributed by atoms with Crippen molar-refractivity contribution in [3.8, 4) is 12.3 Å². The lowest BCUT2D eigenvalue weighted by atomic mass is 9.45. The van der Waals surface area contributed by atoms with E-state index in [-0.39, 0.29) is 22.9 Å². The van der Waals surface area contributed by atoms with Crippen LogP contribution in [0.15, 0.2) is 12.3 Å². The molecule has 3 saturated carbocycles. The van der Waals surface area contributed by atoms with Gasteiger partial charge < -0.3 is 29.6 Å². The van der Waals surface area contributed by atoms with Crippen molar-refractivity contribution in [1.82, 2.24) is 14.5 Å². The molecule has 0 unspecified atom stereocenters. The van der Waals surface area contributed by atoms with Gasteiger partial charge in [0.2, 0.25) is 5.28 Å². The van der Waals surface area contributed by atoms with E-state index in [0.717, 1.165) is 25.2 Å². The summed E-state index contributed by atoms with van der Waals surface area (Å²) in [7, 11) is 0. The van der Waals surface area contributed by atoms with Gasteiger partial charge in [-0.05, 0) is 42.8 Å². The number of hydrogen-bond donors (Lipinski definition) is 2. The first-order valence-electron chi connectivity index (χ1n) is 9.76. The normalized spacial score (nSPS) is 34.1. The van der Waals surface area contributed by atoms with Gasteiger partial charge in [0.15, 0.2) is 11.7 Å². The number of nitrogens with two attached hydrogens (primary N) is 1. The van der Waals surface area contributed by atoms with E-state index in [9.17, 15) is 9.90 Å².